The quantitative estimate of drug-likeness (QED) is 0.842. The Kier molecular flexibility index (Phi) is 5.11. The van der Waals surface area contributed by atoms with Crippen molar-refractivity contribution in [1.82, 2.24) is 19.2 Å². The Bertz CT molecular complexity index is 867. The summed E-state index contributed by atoms with van der Waals surface area (Å²) >= 11 is 1.20. The van der Waals surface area contributed by atoms with Crippen LogP contribution in [0.25, 0.3) is 0 Å². The molecule has 10 heteroatoms. The van der Waals surface area contributed by atoms with Gasteiger partial charge < -0.3 is 5.32 Å². The fraction of sp³-hybridized carbons (Fsp3) is 0.400. The fourth-order valence-corrected chi connectivity index (χ4v) is 4.96. The van der Waals surface area contributed by atoms with E-state index >= 15 is 0 Å². The van der Waals surface area contributed by atoms with Crippen molar-refractivity contribution in [2.75, 3.05) is 6.54 Å². The van der Waals surface area contributed by atoms with Crippen molar-refractivity contribution in [2.24, 2.45) is 0 Å². The van der Waals surface area contributed by atoms with Crippen molar-refractivity contribution < 1.29 is 17.6 Å². The largest absolute Gasteiger partial charge is 0.350 e. The number of aromatic nitrogens is 2. The van der Waals surface area contributed by atoms with Gasteiger partial charge in [-0.1, -0.05) is 4.49 Å². The van der Waals surface area contributed by atoms with Crippen LogP contribution in [0.2, 0.25) is 0 Å². The average molecular weight is 384 g/mol. The summed E-state index contributed by atoms with van der Waals surface area (Å²) in [6, 6.07) is 3.85. The third-order valence-corrected chi connectivity index (χ3v) is 6.84. The van der Waals surface area contributed by atoms with Crippen molar-refractivity contribution in [1.29, 1.82) is 0 Å². The molecular formula is C15H17FN4O3S2. The number of hydrogen-bond acceptors (Lipinski definition) is 6. The van der Waals surface area contributed by atoms with Gasteiger partial charge in [-0.2, -0.15) is 4.31 Å². The van der Waals surface area contributed by atoms with E-state index in [2.05, 4.69) is 14.9 Å². The van der Waals surface area contributed by atoms with Crippen LogP contribution in [0.15, 0.2) is 29.2 Å². The Balaban J connectivity index is 1.74. The van der Waals surface area contributed by atoms with Crippen molar-refractivity contribution in [3.63, 3.8) is 0 Å². The molecule has 0 spiro atoms. The van der Waals surface area contributed by atoms with Crippen molar-refractivity contribution in [3.8, 4) is 0 Å². The average Bonchev–Trinajstić information content (AvgIpc) is 3.22. The second kappa shape index (κ2) is 7.14. The molecule has 0 radical (unpaired) electrons. The van der Waals surface area contributed by atoms with Crippen LogP contribution in [-0.4, -0.2) is 40.8 Å². The van der Waals surface area contributed by atoms with E-state index in [1.54, 1.807) is 6.92 Å². The predicted octanol–water partition coefficient (Wildman–Crippen LogP) is 1.46. The first-order valence-electron chi connectivity index (χ1n) is 7.72. The Morgan fingerprint density at radius 2 is 2.12 bits per heavy atom. The van der Waals surface area contributed by atoms with Gasteiger partial charge in [0.2, 0.25) is 15.9 Å². The van der Waals surface area contributed by atoms with Crippen molar-refractivity contribution >= 4 is 27.5 Å². The second-order valence-corrected chi connectivity index (χ2v) is 8.46. The zero-order valence-corrected chi connectivity index (χ0v) is 15.1. The zero-order chi connectivity index (χ0) is 18.0. The van der Waals surface area contributed by atoms with Crippen molar-refractivity contribution in [2.45, 2.75) is 37.2 Å². The van der Waals surface area contributed by atoms with Crippen LogP contribution < -0.4 is 5.32 Å². The number of sulfonamides is 1. The van der Waals surface area contributed by atoms with Gasteiger partial charge >= 0.3 is 0 Å². The molecule has 1 fully saturated rings. The molecule has 3 rings (SSSR count). The highest BCUT2D eigenvalue weighted by atomic mass is 32.2. The number of amides is 1. The van der Waals surface area contributed by atoms with E-state index in [0.29, 0.717) is 12.8 Å². The normalized spacial score (nSPS) is 18.4. The summed E-state index contributed by atoms with van der Waals surface area (Å²) in [5.41, 5.74) is 0.743. The molecule has 1 saturated heterocycles. The molecule has 0 saturated carbocycles. The number of carbonyl (C=O) groups excluding carboxylic acids is 1. The molecular weight excluding hydrogens is 367 g/mol. The summed E-state index contributed by atoms with van der Waals surface area (Å²) in [5, 5.41) is 6.63. The number of carbonyl (C=O) groups is 1. The molecule has 1 aromatic carbocycles. The van der Waals surface area contributed by atoms with Crippen LogP contribution in [0.4, 0.5) is 4.39 Å². The standard InChI is InChI=1S/C15H17FN4O3S2/c1-10-14(24-19-18-10)9-17-15(21)13-3-2-8-20(13)25(22,23)12-6-4-11(16)5-7-12/h4-7,13H,2-3,8-9H2,1H3,(H,17,21)/t13-/m1/s1. The van der Waals surface area contributed by atoms with Crippen LogP contribution in [0, 0.1) is 12.7 Å². The topological polar surface area (TPSA) is 92.3 Å². The molecule has 25 heavy (non-hydrogen) atoms. The summed E-state index contributed by atoms with van der Waals surface area (Å²) in [7, 11) is -3.85. The predicted molar refractivity (Wildman–Crippen MR) is 89.8 cm³/mol. The number of nitrogens with one attached hydrogen (secondary N) is 1. The molecule has 1 amide bonds. The summed E-state index contributed by atoms with van der Waals surface area (Å²) < 4.78 is 43.5. The maximum atomic E-state index is 13.0. The molecule has 1 atom stereocenters. The minimum Gasteiger partial charge on any atom is -0.350 e. The van der Waals surface area contributed by atoms with E-state index in [1.165, 1.54) is 28.0 Å². The number of nitrogens with zero attached hydrogens (tertiary/aromatic N) is 3. The van der Waals surface area contributed by atoms with E-state index < -0.39 is 21.9 Å². The first-order chi connectivity index (χ1) is 11.9. The van der Waals surface area contributed by atoms with Crippen LogP contribution in [0.3, 0.4) is 0 Å². The third-order valence-electron chi connectivity index (χ3n) is 4.10. The first kappa shape index (κ1) is 17.9. The molecule has 2 heterocycles. The molecule has 0 aliphatic carbocycles. The molecule has 1 aromatic heterocycles. The van der Waals surface area contributed by atoms with Gasteiger partial charge in [-0.05, 0) is 55.6 Å². The van der Waals surface area contributed by atoms with Gasteiger partial charge in [0.05, 0.1) is 22.0 Å². The smallest absolute Gasteiger partial charge is 0.243 e. The molecule has 1 aliphatic rings. The van der Waals surface area contributed by atoms with Crippen molar-refractivity contribution in [3.05, 3.63) is 40.7 Å². The van der Waals surface area contributed by atoms with Gasteiger partial charge in [-0.3, -0.25) is 4.79 Å². The molecule has 0 bridgehead atoms. The number of halogens is 1. The molecule has 0 unspecified atom stereocenters. The lowest BCUT2D eigenvalue weighted by atomic mass is 10.2. The van der Waals surface area contributed by atoms with Gasteiger partial charge in [0.1, 0.15) is 11.9 Å². The number of hydrogen-bond donors (Lipinski definition) is 1. The van der Waals surface area contributed by atoms with E-state index in [9.17, 15) is 17.6 Å². The van der Waals surface area contributed by atoms with E-state index in [1.807, 2.05) is 0 Å². The molecule has 134 valence electrons. The van der Waals surface area contributed by atoms with Crippen LogP contribution in [0.1, 0.15) is 23.4 Å². The van der Waals surface area contributed by atoms with E-state index in [-0.39, 0.29) is 23.9 Å². The number of benzene rings is 1. The van der Waals surface area contributed by atoms with Crippen LogP contribution in [0.5, 0.6) is 0 Å². The first-order valence-corrected chi connectivity index (χ1v) is 9.94. The van der Waals surface area contributed by atoms with Gasteiger partial charge in [0, 0.05) is 6.54 Å². The summed E-state index contributed by atoms with van der Waals surface area (Å²) in [5.74, 6) is -0.862. The summed E-state index contributed by atoms with van der Waals surface area (Å²) in [4.78, 5) is 13.3. The van der Waals surface area contributed by atoms with E-state index in [4.69, 9.17) is 0 Å². The lowest BCUT2D eigenvalue weighted by Gasteiger charge is -2.23. The summed E-state index contributed by atoms with van der Waals surface area (Å²) in [6.45, 7) is 2.33. The molecule has 7 nitrogen and oxygen atoms in total. The third kappa shape index (κ3) is 3.70. The Labute approximate surface area is 149 Å². The lowest BCUT2D eigenvalue weighted by molar-refractivity contribution is -0.124. The second-order valence-electron chi connectivity index (χ2n) is 5.73. The highest BCUT2D eigenvalue weighted by Gasteiger charge is 2.39. The lowest BCUT2D eigenvalue weighted by Crippen LogP contribution is -2.45. The Morgan fingerprint density at radius 3 is 2.76 bits per heavy atom. The summed E-state index contributed by atoms with van der Waals surface area (Å²) in [6.07, 6.45) is 1.05. The minimum atomic E-state index is -3.85. The van der Waals surface area contributed by atoms with Crippen LogP contribution >= 0.6 is 11.5 Å². The fourth-order valence-electron chi connectivity index (χ4n) is 2.73. The maximum Gasteiger partial charge on any atom is 0.243 e. The SMILES string of the molecule is Cc1nnsc1CNC(=O)[C@H]1CCCN1S(=O)(=O)c1ccc(F)cc1. The highest BCUT2D eigenvalue weighted by molar-refractivity contribution is 7.89. The number of aryl methyl sites for hydroxylation is 1. The van der Waals surface area contributed by atoms with E-state index in [0.717, 1.165) is 22.7 Å². The number of rotatable bonds is 5. The van der Waals surface area contributed by atoms with Gasteiger partial charge in [0.15, 0.2) is 0 Å². The van der Waals surface area contributed by atoms with Crippen LogP contribution in [-0.2, 0) is 21.4 Å². The van der Waals surface area contributed by atoms with Gasteiger partial charge in [-0.25, -0.2) is 12.8 Å². The Hall–Kier alpha value is -1.91. The zero-order valence-electron chi connectivity index (χ0n) is 13.5. The Morgan fingerprint density at radius 1 is 1.40 bits per heavy atom. The minimum absolute atomic E-state index is 0.0175. The van der Waals surface area contributed by atoms with Gasteiger partial charge in [0.25, 0.3) is 0 Å². The maximum absolute atomic E-state index is 13.0. The monoisotopic (exact) mass is 384 g/mol. The van der Waals surface area contributed by atoms with Gasteiger partial charge in [-0.15, -0.1) is 5.10 Å². The molecule has 2 aromatic rings. The molecule has 1 N–H and O–H groups in total. The molecule has 1 aliphatic heterocycles. The highest BCUT2D eigenvalue weighted by Crippen LogP contribution is 2.26.